The standard InChI is InChI=1S/C16H18INO2S/c17-12-15-7-3-4-10-18(15)21(19,20)16-9-8-13-5-1-2-6-14(13)11-16/h1-2,5-6,8-9,11,15H,3-4,7,10,12H2. The summed E-state index contributed by atoms with van der Waals surface area (Å²) in [5.74, 6) is 0. The van der Waals surface area contributed by atoms with Crippen LogP contribution in [0.25, 0.3) is 10.8 Å². The maximum Gasteiger partial charge on any atom is 0.243 e. The van der Waals surface area contributed by atoms with E-state index in [1.54, 1.807) is 16.4 Å². The van der Waals surface area contributed by atoms with Crippen molar-refractivity contribution < 1.29 is 8.42 Å². The van der Waals surface area contributed by atoms with Gasteiger partial charge in [0.2, 0.25) is 10.0 Å². The van der Waals surface area contributed by atoms with Gasteiger partial charge in [-0.3, -0.25) is 0 Å². The molecule has 0 N–H and O–H groups in total. The Labute approximate surface area is 139 Å². The maximum absolute atomic E-state index is 12.9. The molecular weight excluding hydrogens is 397 g/mol. The van der Waals surface area contributed by atoms with Gasteiger partial charge in [-0.2, -0.15) is 4.31 Å². The lowest BCUT2D eigenvalue weighted by atomic mass is 10.1. The fourth-order valence-electron chi connectivity index (χ4n) is 2.91. The van der Waals surface area contributed by atoms with Crippen molar-refractivity contribution in [1.82, 2.24) is 4.31 Å². The summed E-state index contributed by atoms with van der Waals surface area (Å²) in [4.78, 5) is 0.415. The third-order valence-corrected chi connectivity index (χ3v) is 7.04. The number of benzene rings is 2. The first kappa shape index (κ1) is 15.2. The first-order chi connectivity index (χ1) is 10.1. The molecule has 1 atom stereocenters. The fraction of sp³-hybridized carbons (Fsp3) is 0.375. The second-order valence-electron chi connectivity index (χ2n) is 5.43. The number of nitrogens with zero attached hydrogens (tertiary/aromatic N) is 1. The normalized spacial score (nSPS) is 20.7. The highest BCUT2D eigenvalue weighted by Crippen LogP contribution is 2.28. The summed E-state index contributed by atoms with van der Waals surface area (Å²) in [5.41, 5.74) is 0. The van der Waals surface area contributed by atoms with Gasteiger partial charge in [0, 0.05) is 17.0 Å². The predicted octanol–water partition coefficient (Wildman–Crippen LogP) is 3.82. The van der Waals surface area contributed by atoms with Crippen molar-refractivity contribution in [2.24, 2.45) is 0 Å². The Morgan fingerprint density at radius 2 is 1.86 bits per heavy atom. The highest BCUT2D eigenvalue weighted by Gasteiger charge is 2.32. The van der Waals surface area contributed by atoms with Crippen molar-refractivity contribution in [3.05, 3.63) is 42.5 Å². The van der Waals surface area contributed by atoms with Crippen LogP contribution in [-0.4, -0.2) is 29.7 Å². The van der Waals surface area contributed by atoms with E-state index in [9.17, 15) is 8.42 Å². The molecule has 1 heterocycles. The van der Waals surface area contributed by atoms with Crippen LogP contribution in [0.1, 0.15) is 19.3 Å². The molecule has 5 heteroatoms. The van der Waals surface area contributed by atoms with Gasteiger partial charge in [-0.1, -0.05) is 59.3 Å². The first-order valence-corrected chi connectivity index (χ1v) is 10.2. The SMILES string of the molecule is O=S(=O)(c1ccc2ccccc2c1)N1CCCCC1CI. The zero-order valence-corrected chi connectivity index (χ0v) is 14.7. The molecule has 0 saturated carbocycles. The summed E-state index contributed by atoms with van der Waals surface area (Å²) in [6, 6.07) is 13.4. The van der Waals surface area contributed by atoms with Gasteiger partial charge in [0.1, 0.15) is 0 Å². The summed E-state index contributed by atoms with van der Waals surface area (Å²) in [5, 5.41) is 2.04. The van der Waals surface area contributed by atoms with E-state index < -0.39 is 10.0 Å². The molecule has 1 aliphatic heterocycles. The van der Waals surface area contributed by atoms with Crippen LogP contribution in [0.15, 0.2) is 47.4 Å². The lowest BCUT2D eigenvalue weighted by molar-refractivity contribution is 0.275. The Balaban J connectivity index is 2.02. The van der Waals surface area contributed by atoms with Gasteiger partial charge in [-0.25, -0.2) is 8.42 Å². The minimum Gasteiger partial charge on any atom is -0.207 e. The zero-order valence-electron chi connectivity index (χ0n) is 11.7. The summed E-state index contributed by atoms with van der Waals surface area (Å²) in [7, 11) is -3.39. The largest absolute Gasteiger partial charge is 0.243 e. The van der Waals surface area contributed by atoms with Crippen LogP contribution < -0.4 is 0 Å². The number of sulfonamides is 1. The van der Waals surface area contributed by atoms with Crippen LogP contribution in [0, 0.1) is 0 Å². The van der Waals surface area contributed by atoms with Crippen LogP contribution in [0.5, 0.6) is 0 Å². The van der Waals surface area contributed by atoms with Crippen molar-refractivity contribution in [3.8, 4) is 0 Å². The molecule has 3 nitrogen and oxygen atoms in total. The number of rotatable bonds is 3. The van der Waals surface area contributed by atoms with Crippen molar-refractivity contribution in [2.75, 3.05) is 11.0 Å². The third kappa shape index (κ3) is 2.96. The molecule has 1 unspecified atom stereocenters. The van der Waals surface area contributed by atoms with Gasteiger partial charge >= 0.3 is 0 Å². The Hall–Kier alpha value is -0.660. The van der Waals surface area contributed by atoms with Crippen molar-refractivity contribution in [1.29, 1.82) is 0 Å². The van der Waals surface area contributed by atoms with Gasteiger partial charge in [-0.15, -0.1) is 0 Å². The number of hydrogen-bond donors (Lipinski definition) is 0. The molecule has 0 radical (unpaired) electrons. The predicted molar refractivity (Wildman–Crippen MR) is 94.4 cm³/mol. The number of fused-ring (bicyclic) bond motifs is 1. The number of hydrogen-bond acceptors (Lipinski definition) is 2. The number of halogens is 1. The summed E-state index contributed by atoms with van der Waals surface area (Å²) < 4.78 is 28.4. The summed E-state index contributed by atoms with van der Waals surface area (Å²) in [6.07, 6.45) is 3.05. The molecule has 0 spiro atoms. The topological polar surface area (TPSA) is 37.4 Å². The van der Waals surface area contributed by atoms with E-state index >= 15 is 0 Å². The summed E-state index contributed by atoms with van der Waals surface area (Å²) in [6.45, 7) is 0.642. The Kier molecular flexibility index (Phi) is 4.51. The highest BCUT2D eigenvalue weighted by molar-refractivity contribution is 14.1. The molecule has 0 amide bonds. The van der Waals surface area contributed by atoms with E-state index in [0.717, 1.165) is 34.5 Å². The van der Waals surface area contributed by atoms with Crippen molar-refractivity contribution in [3.63, 3.8) is 0 Å². The average Bonchev–Trinajstić information content (AvgIpc) is 2.54. The van der Waals surface area contributed by atoms with Crippen molar-refractivity contribution >= 4 is 43.4 Å². The lowest BCUT2D eigenvalue weighted by Gasteiger charge is -2.33. The molecule has 0 aliphatic carbocycles. The maximum atomic E-state index is 12.9. The second-order valence-corrected chi connectivity index (χ2v) is 8.20. The minimum absolute atomic E-state index is 0.135. The van der Waals surface area contributed by atoms with Crippen molar-refractivity contribution in [2.45, 2.75) is 30.2 Å². The van der Waals surface area contributed by atoms with Gasteiger partial charge in [0.05, 0.1) is 4.90 Å². The zero-order chi connectivity index (χ0) is 14.9. The first-order valence-electron chi connectivity index (χ1n) is 7.19. The molecule has 0 aromatic heterocycles. The number of piperidine rings is 1. The van der Waals surface area contributed by atoms with Crippen LogP contribution in [0.3, 0.4) is 0 Å². The minimum atomic E-state index is -3.39. The molecule has 112 valence electrons. The van der Waals surface area contributed by atoms with E-state index in [1.165, 1.54) is 0 Å². The molecule has 2 aromatic carbocycles. The lowest BCUT2D eigenvalue weighted by Crippen LogP contribution is -2.44. The third-order valence-electron chi connectivity index (χ3n) is 4.08. The molecule has 0 bridgehead atoms. The van der Waals surface area contributed by atoms with Crippen LogP contribution in [0.2, 0.25) is 0 Å². The Bertz CT molecular complexity index is 745. The molecule has 21 heavy (non-hydrogen) atoms. The summed E-state index contributed by atoms with van der Waals surface area (Å²) >= 11 is 2.29. The Morgan fingerprint density at radius 3 is 2.62 bits per heavy atom. The van der Waals surface area contributed by atoms with Gasteiger partial charge < -0.3 is 0 Å². The van der Waals surface area contributed by atoms with E-state index in [1.807, 2.05) is 30.3 Å². The van der Waals surface area contributed by atoms with Gasteiger partial charge in [-0.05, 0) is 35.7 Å². The van der Waals surface area contributed by atoms with E-state index in [-0.39, 0.29) is 6.04 Å². The van der Waals surface area contributed by atoms with Gasteiger partial charge in [0.25, 0.3) is 0 Å². The fourth-order valence-corrected chi connectivity index (χ4v) is 5.82. The van der Waals surface area contributed by atoms with Crippen LogP contribution in [-0.2, 0) is 10.0 Å². The molecule has 3 rings (SSSR count). The van der Waals surface area contributed by atoms with E-state index in [4.69, 9.17) is 0 Å². The average molecular weight is 415 g/mol. The molecule has 1 fully saturated rings. The van der Waals surface area contributed by atoms with Gasteiger partial charge in [0.15, 0.2) is 0 Å². The second kappa shape index (κ2) is 6.22. The molecular formula is C16H18INO2S. The monoisotopic (exact) mass is 415 g/mol. The van der Waals surface area contributed by atoms with Crippen LogP contribution in [0.4, 0.5) is 0 Å². The quantitative estimate of drug-likeness (QED) is 0.565. The highest BCUT2D eigenvalue weighted by atomic mass is 127. The smallest absolute Gasteiger partial charge is 0.207 e. The van der Waals surface area contributed by atoms with E-state index in [0.29, 0.717) is 11.4 Å². The molecule has 1 aliphatic rings. The number of alkyl halides is 1. The molecule has 1 saturated heterocycles. The molecule has 2 aromatic rings. The Morgan fingerprint density at radius 1 is 1.10 bits per heavy atom. The van der Waals surface area contributed by atoms with Crippen LogP contribution >= 0.6 is 22.6 Å². The van der Waals surface area contributed by atoms with E-state index in [2.05, 4.69) is 22.6 Å².